The minimum absolute atomic E-state index is 0.0528. The minimum atomic E-state index is -1.53. The molecule has 1 aromatic rings. The Hall–Kier alpha value is -3.17. The fourth-order valence-electron chi connectivity index (χ4n) is 2.10. The van der Waals surface area contributed by atoms with E-state index in [1.54, 1.807) is 12.1 Å². The Balaban J connectivity index is 2.13. The highest BCUT2D eigenvalue weighted by molar-refractivity contribution is 6.21. The molecule has 1 aromatic carbocycles. The third-order valence-electron chi connectivity index (χ3n) is 4.05. The van der Waals surface area contributed by atoms with Crippen molar-refractivity contribution in [2.75, 3.05) is 7.05 Å². The molecule has 1 heterocycles. The van der Waals surface area contributed by atoms with E-state index in [1.165, 1.54) is 40.0 Å². The van der Waals surface area contributed by atoms with Gasteiger partial charge in [-0.05, 0) is 32.9 Å². The number of benzene rings is 1. The Morgan fingerprint density at radius 3 is 2.24 bits per heavy atom. The first kappa shape index (κ1) is 18.2. The van der Waals surface area contributed by atoms with E-state index in [0.29, 0.717) is 0 Å². The van der Waals surface area contributed by atoms with Crippen LogP contribution in [-0.4, -0.2) is 56.6 Å². The smallest absolute Gasteiger partial charge is 0.334 e. The highest BCUT2D eigenvalue weighted by atomic mass is 16.7. The number of likely N-dealkylation sites (N-methyl/N-ethyl adjacent to an activating group) is 1. The number of hydrazine groups is 1. The SMILES string of the molecule is CC(O/N=[N+](\[O-])N(C)C(C)(C)C(=O)O)N1C(=O)c2ccccc2C1=O. The van der Waals surface area contributed by atoms with Crippen molar-refractivity contribution >= 4 is 17.8 Å². The summed E-state index contributed by atoms with van der Waals surface area (Å²) in [7, 11) is 1.22. The predicted octanol–water partition coefficient (Wildman–Crippen LogP) is 1.23. The Morgan fingerprint density at radius 1 is 1.32 bits per heavy atom. The standard InChI is InChI=1S/C15H18N4O6/c1-9(25-16-19(24)17(4)15(2,3)14(22)23)18-12(20)10-7-5-6-8-11(10)13(18)21/h5-9H,1-4H3,(H,22,23)/b19-16-. The van der Waals surface area contributed by atoms with Crippen LogP contribution in [0.2, 0.25) is 0 Å². The zero-order valence-electron chi connectivity index (χ0n) is 14.2. The lowest BCUT2D eigenvalue weighted by Gasteiger charge is -2.26. The molecular formula is C15H18N4O6. The Bertz CT molecular complexity index is 725. The van der Waals surface area contributed by atoms with Crippen LogP contribution >= 0.6 is 0 Å². The molecule has 10 nitrogen and oxygen atoms in total. The number of amides is 2. The van der Waals surface area contributed by atoms with Crippen LogP contribution in [0.25, 0.3) is 0 Å². The molecule has 0 saturated carbocycles. The van der Waals surface area contributed by atoms with Crippen molar-refractivity contribution in [3.63, 3.8) is 0 Å². The summed E-state index contributed by atoms with van der Waals surface area (Å²) in [5.41, 5.74) is -1.05. The molecule has 1 unspecified atom stereocenters. The van der Waals surface area contributed by atoms with E-state index in [4.69, 9.17) is 9.94 Å². The summed E-state index contributed by atoms with van der Waals surface area (Å²) < 4.78 is 0. The number of carboxylic acids is 1. The number of hydrogen-bond donors (Lipinski definition) is 1. The molecule has 1 aliphatic rings. The highest BCUT2D eigenvalue weighted by Crippen LogP contribution is 2.24. The van der Waals surface area contributed by atoms with Gasteiger partial charge in [-0.2, -0.15) is 0 Å². The molecule has 0 fully saturated rings. The van der Waals surface area contributed by atoms with Crippen LogP contribution in [-0.2, 0) is 9.63 Å². The van der Waals surface area contributed by atoms with Crippen molar-refractivity contribution in [1.29, 1.82) is 0 Å². The van der Waals surface area contributed by atoms with Gasteiger partial charge in [0.2, 0.25) is 11.5 Å². The van der Waals surface area contributed by atoms with E-state index in [2.05, 4.69) is 5.28 Å². The number of nitrogens with zero attached hydrogens (tertiary/aromatic N) is 4. The van der Waals surface area contributed by atoms with E-state index in [9.17, 15) is 19.6 Å². The molecule has 1 N–H and O–H groups in total. The molecule has 1 atom stereocenters. The first-order valence-corrected chi connectivity index (χ1v) is 7.37. The minimum Gasteiger partial charge on any atom is -0.569 e. The quantitative estimate of drug-likeness (QED) is 0.354. The topological polar surface area (TPSA) is 126 Å². The van der Waals surface area contributed by atoms with E-state index in [0.717, 1.165) is 9.91 Å². The molecule has 0 bridgehead atoms. The molecular weight excluding hydrogens is 332 g/mol. The lowest BCUT2D eigenvalue weighted by molar-refractivity contribution is -0.718. The number of carbonyl (C=O) groups is 3. The van der Waals surface area contributed by atoms with Gasteiger partial charge in [0.1, 0.15) is 0 Å². The van der Waals surface area contributed by atoms with Crippen molar-refractivity contribution in [3.8, 4) is 0 Å². The lowest BCUT2D eigenvalue weighted by atomic mass is 10.1. The summed E-state index contributed by atoms with van der Waals surface area (Å²) in [6.07, 6.45) is -1.15. The summed E-state index contributed by atoms with van der Waals surface area (Å²) in [6.45, 7) is 3.99. The van der Waals surface area contributed by atoms with Gasteiger partial charge in [0, 0.05) is 0 Å². The van der Waals surface area contributed by atoms with Crippen LogP contribution < -0.4 is 0 Å². The van der Waals surface area contributed by atoms with Crippen LogP contribution in [0, 0.1) is 5.21 Å². The van der Waals surface area contributed by atoms with Crippen LogP contribution in [0.5, 0.6) is 0 Å². The van der Waals surface area contributed by atoms with Gasteiger partial charge in [-0.25, -0.2) is 9.69 Å². The zero-order chi connectivity index (χ0) is 18.9. The van der Waals surface area contributed by atoms with Gasteiger partial charge in [0.25, 0.3) is 11.8 Å². The molecule has 0 radical (unpaired) electrons. The molecule has 0 aromatic heterocycles. The average molecular weight is 350 g/mol. The molecule has 2 rings (SSSR count). The maximum Gasteiger partial charge on any atom is 0.334 e. The van der Waals surface area contributed by atoms with Crippen LogP contribution in [0.3, 0.4) is 0 Å². The summed E-state index contributed by atoms with van der Waals surface area (Å²) in [4.78, 5) is 41.4. The largest absolute Gasteiger partial charge is 0.569 e. The molecule has 2 amide bonds. The summed E-state index contributed by atoms with van der Waals surface area (Å²) in [6, 6.07) is 6.29. The third-order valence-corrected chi connectivity index (χ3v) is 4.05. The van der Waals surface area contributed by atoms with E-state index in [-0.39, 0.29) is 16.1 Å². The average Bonchev–Trinajstić information content (AvgIpc) is 2.83. The van der Waals surface area contributed by atoms with Crippen molar-refractivity contribution in [2.45, 2.75) is 32.5 Å². The van der Waals surface area contributed by atoms with Crippen molar-refractivity contribution < 1.29 is 29.3 Å². The van der Waals surface area contributed by atoms with Gasteiger partial charge >= 0.3 is 5.97 Å². The van der Waals surface area contributed by atoms with Gasteiger partial charge < -0.3 is 15.2 Å². The molecule has 1 aliphatic heterocycles. The Kier molecular flexibility index (Phi) is 4.64. The molecule has 134 valence electrons. The number of hydrogen-bond acceptors (Lipinski definition) is 6. The van der Waals surface area contributed by atoms with E-state index in [1.807, 2.05) is 0 Å². The maximum atomic E-state index is 12.3. The Morgan fingerprint density at radius 2 is 1.80 bits per heavy atom. The van der Waals surface area contributed by atoms with Crippen LogP contribution in [0.4, 0.5) is 0 Å². The highest BCUT2D eigenvalue weighted by Gasteiger charge is 2.41. The number of carboxylic acid groups (broad SMARTS) is 1. The van der Waals surface area contributed by atoms with Crippen LogP contribution in [0.15, 0.2) is 29.5 Å². The first-order chi connectivity index (χ1) is 11.6. The molecule has 0 saturated heterocycles. The van der Waals surface area contributed by atoms with Crippen molar-refractivity contribution in [3.05, 3.63) is 40.6 Å². The first-order valence-electron chi connectivity index (χ1n) is 7.37. The van der Waals surface area contributed by atoms with E-state index < -0.39 is 29.6 Å². The van der Waals surface area contributed by atoms with E-state index >= 15 is 0 Å². The predicted molar refractivity (Wildman–Crippen MR) is 83.0 cm³/mol. The summed E-state index contributed by atoms with van der Waals surface area (Å²) in [5.74, 6) is -2.35. The molecule has 0 aliphatic carbocycles. The molecule has 0 spiro atoms. The Labute approximate surface area is 143 Å². The maximum absolute atomic E-state index is 12.3. The van der Waals surface area contributed by atoms with Gasteiger partial charge in [0.05, 0.1) is 23.1 Å². The second kappa shape index (κ2) is 6.38. The summed E-state index contributed by atoms with van der Waals surface area (Å²) >= 11 is 0. The van der Waals surface area contributed by atoms with Gasteiger partial charge in [-0.15, -0.1) is 5.01 Å². The van der Waals surface area contributed by atoms with Crippen LogP contribution in [0.1, 0.15) is 41.5 Å². The van der Waals surface area contributed by atoms with Crippen molar-refractivity contribution in [2.24, 2.45) is 5.28 Å². The second-order valence-corrected chi connectivity index (χ2v) is 5.95. The fraction of sp³-hybridized carbons (Fsp3) is 0.400. The molecule has 10 heteroatoms. The monoisotopic (exact) mass is 350 g/mol. The number of imide groups is 1. The lowest BCUT2D eigenvalue weighted by Crippen LogP contribution is -2.51. The van der Waals surface area contributed by atoms with Gasteiger partial charge in [-0.3, -0.25) is 9.59 Å². The third kappa shape index (κ3) is 3.10. The fourth-order valence-corrected chi connectivity index (χ4v) is 2.10. The zero-order valence-corrected chi connectivity index (χ0v) is 14.2. The normalized spacial score (nSPS) is 15.8. The van der Waals surface area contributed by atoms with Gasteiger partial charge in [0.15, 0.2) is 5.54 Å². The molecule has 25 heavy (non-hydrogen) atoms. The van der Waals surface area contributed by atoms with Gasteiger partial charge in [-0.1, -0.05) is 12.1 Å². The number of fused-ring (bicyclic) bond motifs is 1. The van der Waals surface area contributed by atoms with Crippen molar-refractivity contribution in [1.82, 2.24) is 9.91 Å². The number of aliphatic carboxylic acids is 1. The number of rotatable bonds is 6. The second-order valence-electron chi connectivity index (χ2n) is 5.95. The summed E-state index contributed by atoms with van der Waals surface area (Å²) in [5, 5.41) is 25.0. The number of carbonyl (C=O) groups excluding carboxylic acids is 2.